The summed E-state index contributed by atoms with van der Waals surface area (Å²) >= 11 is 4.10. The third-order valence-corrected chi connectivity index (χ3v) is 5.31. The molecule has 1 heterocycles. The highest BCUT2D eigenvalue weighted by molar-refractivity contribution is 7.90. The van der Waals surface area contributed by atoms with Gasteiger partial charge in [-0.05, 0) is 30.7 Å². The summed E-state index contributed by atoms with van der Waals surface area (Å²) in [5.74, 6) is 0. The maximum Gasteiger partial charge on any atom is 0.292 e. The van der Waals surface area contributed by atoms with E-state index in [0.29, 0.717) is 11.1 Å². The van der Waals surface area contributed by atoms with Crippen molar-refractivity contribution in [1.82, 2.24) is 3.97 Å². The summed E-state index contributed by atoms with van der Waals surface area (Å²) in [7, 11) is 0. The van der Waals surface area contributed by atoms with Crippen molar-refractivity contribution in [2.75, 3.05) is 0 Å². The second-order valence-electron chi connectivity index (χ2n) is 5.28. The first-order valence-electron chi connectivity index (χ1n) is 7.00. The largest absolute Gasteiger partial charge is 0.587 e. The molecule has 0 amide bonds. The van der Waals surface area contributed by atoms with Crippen LogP contribution in [0.5, 0.6) is 0 Å². The highest BCUT2D eigenvalue weighted by atomic mass is 35.5. The number of benzene rings is 2. The summed E-state index contributed by atoms with van der Waals surface area (Å²) in [5, 5.41) is 21.3. The Morgan fingerprint density at radius 3 is 2.71 bits per heavy atom. The van der Waals surface area contributed by atoms with Crippen molar-refractivity contribution >= 4 is 39.6 Å². The lowest BCUT2D eigenvalue weighted by atomic mass is 10.1. The van der Waals surface area contributed by atoms with E-state index in [9.17, 15) is 19.8 Å². The molecular weight excluding hydrogens is 352 g/mol. The number of aromatic nitrogens is 1. The van der Waals surface area contributed by atoms with Gasteiger partial charge in [0.1, 0.15) is 16.4 Å². The molecule has 0 fully saturated rings. The van der Waals surface area contributed by atoms with Crippen molar-refractivity contribution in [3.8, 4) is 0 Å². The smallest absolute Gasteiger partial charge is 0.292 e. The molecule has 24 heavy (non-hydrogen) atoms. The maximum atomic E-state index is 12.9. The van der Waals surface area contributed by atoms with E-state index in [0.717, 1.165) is 10.9 Å². The third-order valence-electron chi connectivity index (χ3n) is 3.67. The molecule has 124 valence electrons. The van der Waals surface area contributed by atoms with Crippen LogP contribution in [0.3, 0.4) is 0 Å². The van der Waals surface area contributed by atoms with Crippen LogP contribution < -0.4 is 0 Å². The molecule has 6 nitrogen and oxygen atoms in total. The number of hydrogen-bond acceptors (Lipinski definition) is 4. The topological polar surface area (TPSA) is 91.4 Å². The second-order valence-corrected chi connectivity index (χ2v) is 7.05. The zero-order valence-corrected chi connectivity index (χ0v) is 14.2. The molecule has 1 unspecified atom stereocenters. The lowest BCUT2D eigenvalue weighted by Gasteiger charge is -2.11. The molecule has 1 N–H and O–H groups in total. The Morgan fingerprint density at radius 1 is 1.29 bits per heavy atom. The lowest BCUT2D eigenvalue weighted by molar-refractivity contribution is -0.384. The first-order chi connectivity index (χ1) is 11.4. The van der Waals surface area contributed by atoms with Gasteiger partial charge in [-0.25, -0.2) is 0 Å². The summed E-state index contributed by atoms with van der Waals surface area (Å²) in [5.41, 5.74) is 2.01. The molecule has 0 spiro atoms. The average Bonchev–Trinajstić information content (AvgIpc) is 2.92. The molecule has 0 aliphatic heterocycles. The zero-order chi connectivity index (χ0) is 17.4. The monoisotopic (exact) mass is 364 g/mol. The van der Waals surface area contributed by atoms with Gasteiger partial charge in [-0.2, -0.15) is 3.97 Å². The van der Waals surface area contributed by atoms with Gasteiger partial charge in [0, 0.05) is 10.9 Å². The number of hydrogen-bond donors (Lipinski definition) is 1. The number of aliphatic hydroxyl groups excluding tert-OH is 1. The molecule has 0 aliphatic rings. The number of rotatable bonds is 4. The van der Waals surface area contributed by atoms with Crippen LogP contribution in [-0.4, -0.2) is 18.6 Å². The van der Waals surface area contributed by atoms with Crippen molar-refractivity contribution < 1.29 is 14.6 Å². The van der Waals surface area contributed by atoms with E-state index >= 15 is 0 Å². The minimum atomic E-state index is -1.70. The minimum Gasteiger partial charge on any atom is -0.587 e. The Hall–Kier alpha value is -2.06. The molecule has 3 aromatic rings. The van der Waals surface area contributed by atoms with E-state index in [1.807, 2.05) is 25.1 Å². The van der Waals surface area contributed by atoms with Gasteiger partial charge < -0.3 is 9.66 Å². The van der Waals surface area contributed by atoms with Gasteiger partial charge in [0.25, 0.3) is 5.69 Å². The van der Waals surface area contributed by atoms with E-state index < -0.39 is 16.3 Å². The van der Waals surface area contributed by atoms with Gasteiger partial charge in [0.05, 0.1) is 29.3 Å². The quantitative estimate of drug-likeness (QED) is 0.435. The van der Waals surface area contributed by atoms with Crippen molar-refractivity contribution in [2.24, 2.45) is 0 Å². The SMILES string of the molecule is Cc1ccc2c(CO)cn([S+]([O-])c3ccc(Cl)c([N+](=O)[O-])c3)c2c1. The fourth-order valence-electron chi connectivity index (χ4n) is 2.49. The van der Waals surface area contributed by atoms with Crippen LogP contribution >= 0.6 is 11.6 Å². The van der Waals surface area contributed by atoms with Crippen LogP contribution in [0.2, 0.25) is 5.02 Å². The molecule has 3 rings (SSSR count). The van der Waals surface area contributed by atoms with Gasteiger partial charge in [0.2, 0.25) is 0 Å². The predicted molar refractivity (Wildman–Crippen MR) is 92.5 cm³/mol. The fourth-order valence-corrected chi connectivity index (χ4v) is 3.86. The van der Waals surface area contributed by atoms with Crippen LogP contribution in [0.4, 0.5) is 5.69 Å². The molecule has 2 aromatic carbocycles. The first-order valence-corrected chi connectivity index (χ1v) is 8.48. The number of nitrogens with zero attached hydrogens (tertiary/aromatic N) is 2. The van der Waals surface area contributed by atoms with Gasteiger partial charge in [-0.3, -0.25) is 10.1 Å². The van der Waals surface area contributed by atoms with Crippen molar-refractivity contribution in [1.29, 1.82) is 0 Å². The predicted octanol–water partition coefficient (Wildman–Crippen LogP) is 3.57. The van der Waals surface area contributed by atoms with E-state index in [4.69, 9.17) is 11.6 Å². The van der Waals surface area contributed by atoms with Crippen LogP contribution in [-0.2, 0) is 18.0 Å². The van der Waals surface area contributed by atoms with Crippen LogP contribution in [0, 0.1) is 17.0 Å². The van der Waals surface area contributed by atoms with E-state index in [-0.39, 0.29) is 22.2 Å². The lowest BCUT2D eigenvalue weighted by Crippen LogP contribution is -2.12. The van der Waals surface area contributed by atoms with E-state index in [2.05, 4.69) is 0 Å². The molecule has 8 heteroatoms. The third kappa shape index (κ3) is 2.87. The number of aliphatic hydroxyl groups is 1. The fraction of sp³-hybridized carbons (Fsp3) is 0.125. The summed E-state index contributed by atoms with van der Waals surface area (Å²) in [4.78, 5) is 10.7. The van der Waals surface area contributed by atoms with Gasteiger partial charge >= 0.3 is 0 Å². The highest BCUT2D eigenvalue weighted by Gasteiger charge is 2.23. The highest BCUT2D eigenvalue weighted by Crippen LogP contribution is 2.31. The van der Waals surface area contributed by atoms with Crippen molar-refractivity contribution in [3.05, 3.63) is 68.9 Å². The van der Waals surface area contributed by atoms with Gasteiger partial charge in [0.15, 0.2) is 4.90 Å². The Balaban J connectivity index is 2.15. The molecular formula is C16H13ClN2O4S. The Morgan fingerprint density at radius 2 is 2.04 bits per heavy atom. The Bertz CT molecular complexity index is 941. The molecule has 0 saturated carbocycles. The maximum absolute atomic E-state index is 12.9. The summed E-state index contributed by atoms with van der Waals surface area (Å²) in [6, 6.07) is 9.67. The number of aryl methyl sites for hydroxylation is 1. The van der Waals surface area contributed by atoms with Crippen LogP contribution in [0.15, 0.2) is 47.5 Å². The average molecular weight is 365 g/mol. The zero-order valence-electron chi connectivity index (χ0n) is 12.6. The number of nitro benzene ring substituents is 1. The molecule has 0 radical (unpaired) electrons. The van der Waals surface area contributed by atoms with Gasteiger partial charge in [-0.1, -0.05) is 23.7 Å². The van der Waals surface area contributed by atoms with Crippen molar-refractivity contribution in [3.63, 3.8) is 0 Å². The number of nitro groups is 1. The first kappa shape index (κ1) is 16.8. The molecule has 0 saturated heterocycles. The molecule has 0 bridgehead atoms. The summed E-state index contributed by atoms with van der Waals surface area (Å²) < 4.78 is 14.4. The Labute approximate surface area is 145 Å². The van der Waals surface area contributed by atoms with Crippen LogP contribution in [0.25, 0.3) is 10.9 Å². The molecule has 1 atom stereocenters. The van der Waals surface area contributed by atoms with Crippen LogP contribution in [0.1, 0.15) is 11.1 Å². The Kier molecular flexibility index (Phi) is 4.51. The summed E-state index contributed by atoms with van der Waals surface area (Å²) in [6.07, 6.45) is 1.60. The van der Waals surface area contributed by atoms with Crippen molar-refractivity contribution in [2.45, 2.75) is 18.4 Å². The second kappa shape index (κ2) is 6.45. The minimum absolute atomic E-state index is 0.00925. The standard InChI is InChI=1S/C16H13ClN2O4S/c1-10-2-4-13-11(9-20)8-18(15(13)6-10)24(23)12-3-5-14(17)16(7-12)19(21)22/h2-8,20H,9H2,1H3. The van der Waals surface area contributed by atoms with Gasteiger partial charge in [-0.15, -0.1) is 0 Å². The molecule has 0 aliphatic carbocycles. The van der Waals surface area contributed by atoms with E-state index in [1.54, 1.807) is 6.20 Å². The normalized spacial score (nSPS) is 12.5. The summed E-state index contributed by atoms with van der Waals surface area (Å²) in [6.45, 7) is 1.72. The number of halogens is 1. The van der Waals surface area contributed by atoms with E-state index in [1.165, 1.54) is 22.2 Å². The number of fused-ring (bicyclic) bond motifs is 1. The molecule has 1 aromatic heterocycles.